The maximum absolute atomic E-state index is 13.1. The molecular weight excluding hydrogens is 416 g/mol. The van der Waals surface area contributed by atoms with E-state index in [1.807, 2.05) is 18.2 Å². The van der Waals surface area contributed by atoms with Gasteiger partial charge in [0, 0.05) is 47.8 Å². The van der Waals surface area contributed by atoms with E-state index in [1.165, 1.54) is 0 Å². The normalized spacial score (nSPS) is 18.0. The van der Waals surface area contributed by atoms with Crippen molar-refractivity contribution in [2.45, 2.75) is 25.7 Å². The van der Waals surface area contributed by atoms with Gasteiger partial charge in [-0.1, -0.05) is 37.1 Å². The quantitative estimate of drug-likeness (QED) is 0.621. The zero-order valence-electron chi connectivity index (χ0n) is 18.2. The molecule has 2 amide bonds. The second-order valence-electron chi connectivity index (χ2n) is 7.69. The van der Waals surface area contributed by atoms with Crippen molar-refractivity contribution in [2.75, 3.05) is 33.9 Å². The Morgan fingerprint density at radius 3 is 2.61 bits per heavy atom. The minimum atomic E-state index is -0.373. The van der Waals surface area contributed by atoms with E-state index in [0.29, 0.717) is 41.7 Å². The number of hydrogen-bond donors (Lipinski definition) is 1. The van der Waals surface area contributed by atoms with Crippen molar-refractivity contribution >= 4 is 23.4 Å². The first-order valence-corrected chi connectivity index (χ1v) is 10.9. The molecule has 166 valence electrons. The molecule has 0 aliphatic carbocycles. The van der Waals surface area contributed by atoms with Crippen LogP contribution in [0.5, 0.6) is 11.5 Å². The van der Waals surface area contributed by atoms with Gasteiger partial charge in [-0.05, 0) is 30.7 Å². The summed E-state index contributed by atoms with van der Waals surface area (Å²) < 4.78 is 10.9. The minimum Gasteiger partial charge on any atom is -0.497 e. The second kappa shape index (κ2) is 10.5. The number of rotatable bonds is 8. The highest BCUT2D eigenvalue weighted by Gasteiger charge is 2.41. The lowest BCUT2D eigenvalue weighted by molar-refractivity contribution is -0.124. The van der Waals surface area contributed by atoms with Crippen LogP contribution < -0.4 is 14.8 Å². The summed E-state index contributed by atoms with van der Waals surface area (Å²) in [5, 5.41) is 3.54. The van der Waals surface area contributed by atoms with Crippen LogP contribution in [0.15, 0.2) is 42.5 Å². The lowest BCUT2D eigenvalue weighted by atomic mass is 9.87. The number of nitrogens with one attached hydrogen (secondary N) is 1. The summed E-state index contributed by atoms with van der Waals surface area (Å²) >= 11 is 6.08. The largest absolute Gasteiger partial charge is 0.497 e. The van der Waals surface area contributed by atoms with E-state index in [2.05, 4.69) is 12.2 Å². The highest BCUT2D eigenvalue weighted by Crippen LogP contribution is 2.39. The summed E-state index contributed by atoms with van der Waals surface area (Å²) in [5.41, 5.74) is 1.40. The molecule has 0 radical (unpaired) electrons. The van der Waals surface area contributed by atoms with E-state index in [-0.39, 0.29) is 23.7 Å². The first-order chi connectivity index (χ1) is 15.0. The summed E-state index contributed by atoms with van der Waals surface area (Å²) in [5.74, 6) is 0.580. The first kappa shape index (κ1) is 22.9. The average molecular weight is 445 g/mol. The average Bonchev–Trinajstić information content (AvgIpc) is 3.23. The van der Waals surface area contributed by atoms with Gasteiger partial charge in [-0.25, -0.2) is 0 Å². The van der Waals surface area contributed by atoms with Gasteiger partial charge in [0.1, 0.15) is 11.5 Å². The number of carbonyl (C=O) groups excluding carboxylic acids is 2. The molecule has 0 spiro atoms. The van der Waals surface area contributed by atoms with E-state index in [1.54, 1.807) is 43.4 Å². The van der Waals surface area contributed by atoms with E-state index < -0.39 is 0 Å². The Labute approximate surface area is 188 Å². The predicted octanol–water partition coefficient (Wildman–Crippen LogP) is 4.13. The Hall–Kier alpha value is -2.73. The SMILES string of the molecule is CCCCNC(=O)[C@@H]1CN(C(=O)c2cccc(Cl)c2)C[C@@H]1c1ccc(OC)cc1OC. The molecule has 2 atom stereocenters. The van der Waals surface area contributed by atoms with Crippen molar-refractivity contribution in [2.24, 2.45) is 5.92 Å². The third kappa shape index (κ3) is 5.31. The molecule has 0 saturated carbocycles. The molecular formula is C24H29ClN2O4. The van der Waals surface area contributed by atoms with Crippen LogP contribution in [-0.4, -0.2) is 50.6 Å². The van der Waals surface area contributed by atoms with E-state index in [4.69, 9.17) is 21.1 Å². The molecule has 1 N–H and O–H groups in total. The fourth-order valence-corrected chi connectivity index (χ4v) is 4.19. The van der Waals surface area contributed by atoms with Crippen molar-refractivity contribution in [3.05, 3.63) is 58.6 Å². The molecule has 3 rings (SSSR count). The number of hydrogen-bond acceptors (Lipinski definition) is 4. The molecule has 31 heavy (non-hydrogen) atoms. The number of methoxy groups -OCH3 is 2. The highest BCUT2D eigenvalue weighted by atomic mass is 35.5. The number of nitrogens with zero attached hydrogens (tertiary/aromatic N) is 1. The van der Waals surface area contributed by atoms with Crippen LogP contribution >= 0.6 is 11.6 Å². The molecule has 0 bridgehead atoms. The zero-order chi connectivity index (χ0) is 22.4. The van der Waals surface area contributed by atoms with Crippen molar-refractivity contribution in [3.63, 3.8) is 0 Å². The summed E-state index contributed by atoms with van der Waals surface area (Å²) in [7, 11) is 3.19. The summed E-state index contributed by atoms with van der Waals surface area (Å²) in [6.45, 7) is 3.46. The van der Waals surface area contributed by atoms with Gasteiger partial charge in [0.25, 0.3) is 5.91 Å². The number of amides is 2. The van der Waals surface area contributed by atoms with Gasteiger partial charge in [-0.15, -0.1) is 0 Å². The van der Waals surface area contributed by atoms with Crippen LogP contribution in [0.2, 0.25) is 5.02 Å². The molecule has 0 aromatic heterocycles. The predicted molar refractivity (Wildman–Crippen MR) is 121 cm³/mol. The molecule has 1 aliphatic heterocycles. The van der Waals surface area contributed by atoms with Gasteiger partial charge in [0.15, 0.2) is 0 Å². The first-order valence-electron chi connectivity index (χ1n) is 10.5. The maximum atomic E-state index is 13.1. The van der Waals surface area contributed by atoms with E-state index in [0.717, 1.165) is 18.4 Å². The molecule has 6 nitrogen and oxygen atoms in total. The molecule has 7 heteroatoms. The number of benzene rings is 2. The van der Waals surface area contributed by atoms with Crippen LogP contribution in [0.25, 0.3) is 0 Å². The smallest absolute Gasteiger partial charge is 0.253 e. The van der Waals surface area contributed by atoms with Gasteiger partial charge in [0.05, 0.1) is 20.1 Å². The Kier molecular flexibility index (Phi) is 7.80. The van der Waals surface area contributed by atoms with Gasteiger partial charge >= 0.3 is 0 Å². The van der Waals surface area contributed by atoms with Crippen LogP contribution in [0.4, 0.5) is 0 Å². The third-order valence-corrected chi connectivity index (χ3v) is 5.92. The van der Waals surface area contributed by atoms with Crippen LogP contribution in [-0.2, 0) is 4.79 Å². The molecule has 1 heterocycles. The summed E-state index contributed by atoms with van der Waals surface area (Å²) in [4.78, 5) is 27.9. The Balaban J connectivity index is 1.90. The lowest BCUT2D eigenvalue weighted by Crippen LogP contribution is -2.36. The maximum Gasteiger partial charge on any atom is 0.253 e. The fourth-order valence-electron chi connectivity index (χ4n) is 4.00. The Morgan fingerprint density at radius 2 is 1.94 bits per heavy atom. The number of unbranched alkanes of at least 4 members (excludes halogenated alkanes) is 1. The van der Waals surface area contributed by atoms with Gasteiger partial charge in [0.2, 0.25) is 5.91 Å². The van der Waals surface area contributed by atoms with Gasteiger partial charge in [-0.2, -0.15) is 0 Å². The van der Waals surface area contributed by atoms with E-state index >= 15 is 0 Å². The van der Waals surface area contributed by atoms with Crippen LogP contribution in [0.3, 0.4) is 0 Å². The second-order valence-corrected chi connectivity index (χ2v) is 8.12. The molecule has 0 unspecified atom stereocenters. The van der Waals surface area contributed by atoms with Crippen molar-refractivity contribution in [1.82, 2.24) is 10.2 Å². The fraction of sp³-hybridized carbons (Fsp3) is 0.417. The van der Waals surface area contributed by atoms with Gasteiger partial charge < -0.3 is 19.7 Å². The van der Waals surface area contributed by atoms with Gasteiger partial charge in [-0.3, -0.25) is 9.59 Å². The van der Waals surface area contributed by atoms with Crippen molar-refractivity contribution in [3.8, 4) is 11.5 Å². The minimum absolute atomic E-state index is 0.0438. The molecule has 1 saturated heterocycles. The van der Waals surface area contributed by atoms with E-state index in [9.17, 15) is 9.59 Å². The standard InChI is InChI=1S/C24H29ClN2O4/c1-4-5-11-26-23(28)21-15-27(24(29)16-7-6-8-17(25)12-16)14-20(21)19-10-9-18(30-2)13-22(19)31-3/h6-10,12-13,20-21H,4-5,11,14-15H2,1-3H3,(H,26,28)/t20-,21-/m1/s1. The topological polar surface area (TPSA) is 67.9 Å². The van der Waals surface area contributed by atoms with Crippen molar-refractivity contribution < 1.29 is 19.1 Å². The van der Waals surface area contributed by atoms with Crippen LogP contribution in [0.1, 0.15) is 41.6 Å². The third-order valence-electron chi connectivity index (χ3n) is 5.69. The number of carbonyl (C=O) groups is 2. The molecule has 2 aromatic rings. The summed E-state index contributed by atoms with van der Waals surface area (Å²) in [6, 6.07) is 12.5. The zero-order valence-corrected chi connectivity index (χ0v) is 18.9. The van der Waals surface area contributed by atoms with Crippen LogP contribution in [0, 0.1) is 5.92 Å². The van der Waals surface area contributed by atoms with Crippen molar-refractivity contribution in [1.29, 1.82) is 0 Å². The molecule has 2 aromatic carbocycles. The lowest BCUT2D eigenvalue weighted by Gasteiger charge is -2.21. The molecule has 1 fully saturated rings. The number of ether oxygens (including phenoxy) is 2. The summed E-state index contributed by atoms with van der Waals surface area (Å²) in [6.07, 6.45) is 1.92. The monoisotopic (exact) mass is 444 g/mol. The Bertz CT molecular complexity index is 934. The number of halogens is 1. The Morgan fingerprint density at radius 1 is 1.13 bits per heavy atom. The highest BCUT2D eigenvalue weighted by molar-refractivity contribution is 6.30. The molecule has 1 aliphatic rings. The number of likely N-dealkylation sites (tertiary alicyclic amines) is 1.